The smallest absolute Gasteiger partial charge is 0.203 e. The Labute approximate surface area is 121 Å². The van der Waals surface area contributed by atoms with Crippen LogP contribution in [0.3, 0.4) is 0 Å². The number of carbonyl (C=O) groups excluding carboxylic acids is 1. The summed E-state index contributed by atoms with van der Waals surface area (Å²) in [4.78, 5) is 12.1. The van der Waals surface area contributed by atoms with Gasteiger partial charge in [-0.2, -0.15) is 0 Å². The lowest BCUT2D eigenvalue weighted by atomic mass is 10.1. The van der Waals surface area contributed by atoms with Crippen LogP contribution in [0.5, 0.6) is 11.5 Å². The fourth-order valence-corrected chi connectivity index (χ4v) is 1.84. The van der Waals surface area contributed by atoms with Crippen LogP contribution in [-0.4, -0.2) is 19.5 Å². The van der Waals surface area contributed by atoms with Crippen molar-refractivity contribution >= 4 is 5.78 Å². The number of carbonyl (C=O) groups is 1. The summed E-state index contributed by atoms with van der Waals surface area (Å²) in [5, 5.41) is 0. The zero-order valence-electron chi connectivity index (χ0n) is 11.7. The van der Waals surface area contributed by atoms with Gasteiger partial charge in [0.05, 0.1) is 12.7 Å². The molecular formula is C16H14F2O3. The Morgan fingerprint density at radius 1 is 1.10 bits per heavy atom. The summed E-state index contributed by atoms with van der Waals surface area (Å²) in [7, 11) is 1.46. The van der Waals surface area contributed by atoms with Crippen molar-refractivity contribution < 1.29 is 23.0 Å². The van der Waals surface area contributed by atoms with Crippen molar-refractivity contribution in [1.82, 2.24) is 0 Å². The number of Topliss-reactive ketones (excluding diaryl/α,β-unsaturated/α-hetero) is 1. The first-order valence-electron chi connectivity index (χ1n) is 6.27. The second-order valence-electron chi connectivity index (χ2n) is 4.49. The van der Waals surface area contributed by atoms with Gasteiger partial charge in [-0.15, -0.1) is 0 Å². The first-order valence-corrected chi connectivity index (χ1v) is 6.27. The van der Waals surface area contributed by atoms with Crippen LogP contribution < -0.4 is 9.47 Å². The van der Waals surface area contributed by atoms with E-state index in [1.165, 1.54) is 7.11 Å². The van der Waals surface area contributed by atoms with Gasteiger partial charge in [0.25, 0.3) is 0 Å². The van der Waals surface area contributed by atoms with Gasteiger partial charge in [-0.05, 0) is 36.8 Å². The molecule has 0 radical (unpaired) electrons. The van der Waals surface area contributed by atoms with Gasteiger partial charge in [-0.1, -0.05) is 6.07 Å². The van der Waals surface area contributed by atoms with Crippen LogP contribution in [0.15, 0.2) is 36.4 Å². The van der Waals surface area contributed by atoms with E-state index in [0.717, 1.165) is 17.7 Å². The molecule has 5 heteroatoms. The molecule has 0 unspecified atom stereocenters. The number of aryl methyl sites for hydroxylation is 1. The molecule has 0 N–H and O–H groups in total. The van der Waals surface area contributed by atoms with Crippen molar-refractivity contribution in [1.29, 1.82) is 0 Å². The fraction of sp³-hybridized carbons (Fsp3) is 0.188. The Bertz CT molecular complexity index is 669. The summed E-state index contributed by atoms with van der Waals surface area (Å²) >= 11 is 0. The first kappa shape index (κ1) is 15.0. The molecule has 3 nitrogen and oxygen atoms in total. The highest BCUT2D eigenvalue weighted by atomic mass is 19.1. The quantitative estimate of drug-likeness (QED) is 0.791. The molecular weight excluding hydrogens is 278 g/mol. The summed E-state index contributed by atoms with van der Waals surface area (Å²) in [6, 6.07) is 8.03. The van der Waals surface area contributed by atoms with Crippen LogP contribution in [0.2, 0.25) is 0 Å². The highest BCUT2D eigenvalue weighted by Crippen LogP contribution is 2.22. The summed E-state index contributed by atoms with van der Waals surface area (Å²) in [6.45, 7) is 1.52. The first-order chi connectivity index (χ1) is 10.0. The molecule has 0 atom stereocenters. The number of benzene rings is 2. The van der Waals surface area contributed by atoms with E-state index in [1.807, 2.05) is 6.92 Å². The van der Waals surface area contributed by atoms with Crippen molar-refractivity contribution in [2.24, 2.45) is 0 Å². The maximum absolute atomic E-state index is 13.4. The molecule has 0 heterocycles. The Morgan fingerprint density at radius 3 is 2.52 bits per heavy atom. The molecule has 2 aromatic carbocycles. The molecule has 0 aliphatic heterocycles. The lowest BCUT2D eigenvalue weighted by molar-refractivity contribution is 0.0915. The molecule has 0 fully saturated rings. The standard InChI is InChI=1S/C16H14F2O3/c1-10-3-5-12(16(7-10)20-2)14(19)9-21-15-6-4-11(17)8-13(15)18/h3-8H,9H2,1-2H3. The van der Waals surface area contributed by atoms with Gasteiger partial charge in [0.15, 0.2) is 18.2 Å². The van der Waals surface area contributed by atoms with E-state index in [4.69, 9.17) is 9.47 Å². The number of rotatable bonds is 5. The summed E-state index contributed by atoms with van der Waals surface area (Å²) < 4.78 is 36.4. The van der Waals surface area contributed by atoms with Gasteiger partial charge < -0.3 is 9.47 Å². The number of methoxy groups -OCH3 is 1. The number of hydrogen-bond acceptors (Lipinski definition) is 3. The third-order valence-corrected chi connectivity index (χ3v) is 2.91. The van der Waals surface area contributed by atoms with E-state index in [1.54, 1.807) is 18.2 Å². The van der Waals surface area contributed by atoms with Gasteiger partial charge in [-0.25, -0.2) is 8.78 Å². The highest BCUT2D eigenvalue weighted by molar-refractivity contribution is 5.99. The summed E-state index contributed by atoms with van der Waals surface area (Å²) in [6.07, 6.45) is 0. The maximum atomic E-state index is 13.4. The Kier molecular flexibility index (Phi) is 4.52. The number of hydrogen-bond donors (Lipinski definition) is 0. The summed E-state index contributed by atoms with van der Waals surface area (Å²) in [5.41, 5.74) is 1.31. The minimum Gasteiger partial charge on any atom is -0.496 e. The summed E-state index contributed by atoms with van der Waals surface area (Å²) in [5.74, 6) is -1.64. The Balaban J connectivity index is 2.11. The van der Waals surface area contributed by atoms with E-state index >= 15 is 0 Å². The molecule has 0 saturated heterocycles. The Morgan fingerprint density at radius 2 is 1.86 bits per heavy atom. The predicted molar refractivity (Wildman–Crippen MR) is 73.9 cm³/mol. The van der Waals surface area contributed by atoms with E-state index in [0.29, 0.717) is 17.4 Å². The fourth-order valence-electron chi connectivity index (χ4n) is 1.84. The molecule has 0 saturated carbocycles. The lowest BCUT2D eigenvalue weighted by Crippen LogP contribution is -2.13. The molecule has 110 valence electrons. The van der Waals surface area contributed by atoms with E-state index in [9.17, 15) is 13.6 Å². The SMILES string of the molecule is COc1cc(C)ccc1C(=O)COc1ccc(F)cc1F. The van der Waals surface area contributed by atoms with E-state index < -0.39 is 11.6 Å². The monoisotopic (exact) mass is 292 g/mol. The normalized spacial score (nSPS) is 10.3. The van der Waals surface area contributed by atoms with Crippen molar-refractivity contribution in [3.05, 3.63) is 59.2 Å². The topological polar surface area (TPSA) is 35.5 Å². The third-order valence-electron chi connectivity index (χ3n) is 2.91. The van der Waals surface area contributed by atoms with Crippen LogP contribution in [0, 0.1) is 18.6 Å². The van der Waals surface area contributed by atoms with Crippen molar-refractivity contribution in [2.45, 2.75) is 6.92 Å². The highest BCUT2D eigenvalue weighted by Gasteiger charge is 2.14. The van der Waals surface area contributed by atoms with Gasteiger partial charge in [0.2, 0.25) is 5.78 Å². The van der Waals surface area contributed by atoms with Crippen molar-refractivity contribution in [3.63, 3.8) is 0 Å². The molecule has 0 aliphatic rings. The average Bonchev–Trinajstić information content (AvgIpc) is 2.45. The van der Waals surface area contributed by atoms with Gasteiger partial charge in [0, 0.05) is 6.07 Å². The number of halogens is 2. The van der Waals surface area contributed by atoms with Gasteiger partial charge in [-0.3, -0.25) is 4.79 Å². The minimum atomic E-state index is -0.848. The van der Waals surface area contributed by atoms with E-state index in [-0.39, 0.29) is 18.1 Å². The van der Waals surface area contributed by atoms with E-state index in [2.05, 4.69) is 0 Å². The van der Waals surface area contributed by atoms with Crippen LogP contribution in [-0.2, 0) is 0 Å². The number of ether oxygens (including phenoxy) is 2. The van der Waals surface area contributed by atoms with Gasteiger partial charge >= 0.3 is 0 Å². The second-order valence-corrected chi connectivity index (χ2v) is 4.49. The molecule has 0 aromatic heterocycles. The van der Waals surface area contributed by atoms with Crippen molar-refractivity contribution in [2.75, 3.05) is 13.7 Å². The zero-order chi connectivity index (χ0) is 15.4. The molecule has 0 aliphatic carbocycles. The van der Waals surface area contributed by atoms with Crippen molar-refractivity contribution in [3.8, 4) is 11.5 Å². The largest absolute Gasteiger partial charge is 0.496 e. The Hall–Kier alpha value is -2.43. The average molecular weight is 292 g/mol. The van der Waals surface area contributed by atoms with Crippen LogP contribution >= 0.6 is 0 Å². The van der Waals surface area contributed by atoms with Crippen LogP contribution in [0.4, 0.5) is 8.78 Å². The molecule has 2 rings (SSSR count). The predicted octanol–water partition coefficient (Wildman–Crippen LogP) is 3.54. The zero-order valence-corrected chi connectivity index (χ0v) is 11.7. The lowest BCUT2D eigenvalue weighted by Gasteiger charge is -2.10. The second kappa shape index (κ2) is 6.35. The molecule has 21 heavy (non-hydrogen) atoms. The van der Waals surface area contributed by atoms with Crippen LogP contribution in [0.1, 0.15) is 15.9 Å². The molecule has 0 bridgehead atoms. The number of ketones is 1. The third kappa shape index (κ3) is 3.56. The molecule has 0 spiro atoms. The molecule has 2 aromatic rings. The van der Waals surface area contributed by atoms with Gasteiger partial charge in [0.1, 0.15) is 11.6 Å². The van der Waals surface area contributed by atoms with Crippen LogP contribution in [0.25, 0.3) is 0 Å². The maximum Gasteiger partial charge on any atom is 0.203 e. The molecule has 0 amide bonds. The minimum absolute atomic E-state index is 0.171.